The molecular weight excluding hydrogens is 282 g/mol. The molecule has 0 aliphatic rings. The molecule has 0 spiro atoms. The van der Waals surface area contributed by atoms with E-state index in [4.69, 9.17) is 4.74 Å². The summed E-state index contributed by atoms with van der Waals surface area (Å²) in [6.07, 6.45) is 2.14. The van der Waals surface area contributed by atoms with Gasteiger partial charge < -0.3 is 10.1 Å². The number of methoxy groups -OCH3 is 1. The molecule has 0 unspecified atom stereocenters. The molecular formula is C17H21NO2S. The first-order valence-corrected chi connectivity index (χ1v) is 8.12. The second-order valence-electron chi connectivity index (χ2n) is 4.90. The number of hydrogen-bond acceptors (Lipinski definition) is 3. The van der Waals surface area contributed by atoms with E-state index in [0.717, 1.165) is 24.2 Å². The summed E-state index contributed by atoms with van der Waals surface area (Å²) in [5.74, 6) is 0.904. The smallest absolute Gasteiger partial charge is 0.220 e. The maximum atomic E-state index is 12.1. The summed E-state index contributed by atoms with van der Waals surface area (Å²) in [7, 11) is 1.66. The van der Waals surface area contributed by atoms with Crippen LogP contribution in [-0.2, 0) is 11.2 Å². The first kappa shape index (κ1) is 15.6. The Bertz CT molecular complexity index is 566. The van der Waals surface area contributed by atoms with E-state index in [-0.39, 0.29) is 11.9 Å². The van der Waals surface area contributed by atoms with Gasteiger partial charge in [-0.05, 0) is 41.3 Å². The average molecular weight is 303 g/mol. The van der Waals surface area contributed by atoms with Crippen molar-refractivity contribution in [3.63, 3.8) is 0 Å². The van der Waals surface area contributed by atoms with Crippen molar-refractivity contribution in [1.29, 1.82) is 0 Å². The molecule has 2 aromatic rings. The molecule has 21 heavy (non-hydrogen) atoms. The van der Waals surface area contributed by atoms with E-state index in [1.165, 1.54) is 5.56 Å². The Balaban J connectivity index is 1.96. The maximum Gasteiger partial charge on any atom is 0.220 e. The molecule has 1 aromatic heterocycles. The second kappa shape index (κ2) is 7.84. The quantitative estimate of drug-likeness (QED) is 0.841. The standard InChI is InChI=1S/C17H21NO2S/c1-3-15(14-6-4-5-7-16(14)20-2)18-17(19)9-8-13-10-11-21-12-13/h4-7,10-12,15H,3,8-9H2,1-2H3,(H,18,19)/t15-/m0/s1. The van der Waals surface area contributed by atoms with Crippen molar-refractivity contribution in [2.45, 2.75) is 32.2 Å². The van der Waals surface area contributed by atoms with Crippen LogP contribution in [0.2, 0.25) is 0 Å². The fourth-order valence-corrected chi connectivity index (χ4v) is 3.02. The van der Waals surface area contributed by atoms with Gasteiger partial charge in [0, 0.05) is 12.0 Å². The summed E-state index contributed by atoms with van der Waals surface area (Å²) in [5.41, 5.74) is 2.26. The summed E-state index contributed by atoms with van der Waals surface area (Å²) < 4.78 is 5.38. The zero-order valence-corrected chi connectivity index (χ0v) is 13.3. The van der Waals surface area contributed by atoms with Gasteiger partial charge in [0.05, 0.1) is 13.2 Å². The fourth-order valence-electron chi connectivity index (χ4n) is 2.31. The number of aryl methyl sites for hydroxylation is 1. The van der Waals surface area contributed by atoms with Crippen molar-refractivity contribution >= 4 is 17.2 Å². The van der Waals surface area contributed by atoms with Crippen molar-refractivity contribution in [1.82, 2.24) is 5.32 Å². The van der Waals surface area contributed by atoms with Crippen molar-refractivity contribution in [3.05, 3.63) is 52.2 Å². The average Bonchev–Trinajstić information content (AvgIpc) is 3.04. The highest BCUT2D eigenvalue weighted by Crippen LogP contribution is 2.26. The van der Waals surface area contributed by atoms with Gasteiger partial charge in [0.15, 0.2) is 0 Å². The summed E-state index contributed by atoms with van der Waals surface area (Å²) in [6, 6.07) is 9.90. The number of ether oxygens (including phenoxy) is 1. The number of benzene rings is 1. The molecule has 1 aromatic carbocycles. The van der Waals surface area contributed by atoms with Gasteiger partial charge in [-0.2, -0.15) is 11.3 Å². The molecule has 1 N–H and O–H groups in total. The van der Waals surface area contributed by atoms with Crippen LogP contribution in [0, 0.1) is 0 Å². The van der Waals surface area contributed by atoms with Crippen molar-refractivity contribution in [3.8, 4) is 5.75 Å². The van der Waals surface area contributed by atoms with Gasteiger partial charge in [0.2, 0.25) is 5.91 Å². The van der Waals surface area contributed by atoms with Gasteiger partial charge in [-0.3, -0.25) is 4.79 Å². The Kier molecular flexibility index (Phi) is 5.81. The van der Waals surface area contributed by atoms with Crippen molar-refractivity contribution < 1.29 is 9.53 Å². The zero-order valence-electron chi connectivity index (χ0n) is 12.5. The van der Waals surface area contributed by atoms with Crippen LogP contribution >= 0.6 is 11.3 Å². The Morgan fingerprint density at radius 1 is 1.33 bits per heavy atom. The number of amides is 1. The summed E-state index contributed by atoms with van der Waals surface area (Å²) in [5, 5.41) is 7.23. The van der Waals surface area contributed by atoms with E-state index < -0.39 is 0 Å². The van der Waals surface area contributed by atoms with Gasteiger partial charge in [-0.15, -0.1) is 0 Å². The molecule has 0 saturated carbocycles. The molecule has 2 rings (SSSR count). The van der Waals surface area contributed by atoms with Crippen LogP contribution in [-0.4, -0.2) is 13.0 Å². The number of carbonyl (C=O) groups excluding carboxylic acids is 1. The monoisotopic (exact) mass is 303 g/mol. The van der Waals surface area contributed by atoms with Gasteiger partial charge in [-0.25, -0.2) is 0 Å². The van der Waals surface area contributed by atoms with E-state index >= 15 is 0 Å². The van der Waals surface area contributed by atoms with Gasteiger partial charge in [-0.1, -0.05) is 25.1 Å². The lowest BCUT2D eigenvalue weighted by Gasteiger charge is -2.19. The number of rotatable bonds is 7. The maximum absolute atomic E-state index is 12.1. The Morgan fingerprint density at radius 3 is 2.81 bits per heavy atom. The van der Waals surface area contributed by atoms with Gasteiger partial charge >= 0.3 is 0 Å². The third-order valence-corrected chi connectivity index (χ3v) is 4.21. The lowest BCUT2D eigenvalue weighted by atomic mass is 10.0. The van der Waals surface area contributed by atoms with E-state index in [9.17, 15) is 4.79 Å². The highest BCUT2D eigenvalue weighted by atomic mass is 32.1. The Hall–Kier alpha value is -1.81. The summed E-state index contributed by atoms with van der Waals surface area (Å²) in [4.78, 5) is 12.1. The van der Waals surface area contributed by atoms with Gasteiger partial charge in [0.25, 0.3) is 0 Å². The summed E-state index contributed by atoms with van der Waals surface area (Å²) in [6.45, 7) is 2.07. The van der Waals surface area contributed by atoms with E-state index in [2.05, 4.69) is 23.7 Å². The van der Waals surface area contributed by atoms with Gasteiger partial charge in [0.1, 0.15) is 5.75 Å². The van der Waals surface area contributed by atoms with Crippen LogP contribution in [0.25, 0.3) is 0 Å². The SMILES string of the molecule is CC[C@H](NC(=O)CCc1ccsc1)c1ccccc1OC. The molecule has 0 aliphatic heterocycles. The molecule has 3 nitrogen and oxygen atoms in total. The Labute approximate surface area is 130 Å². The summed E-state index contributed by atoms with van der Waals surface area (Å²) >= 11 is 1.66. The molecule has 4 heteroatoms. The normalized spacial score (nSPS) is 11.9. The third-order valence-electron chi connectivity index (χ3n) is 3.48. The second-order valence-corrected chi connectivity index (χ2v) is 5.68. The number of para-hydroxylation sites is 1. The number of carbonyl (C=O) groups is 1. The van der Waals surface area contributed by atoms with Crippen LogP contribution in [0.5, 0.6) is 5.75 Å². The van der Waals surface area contributed by atoms with Crippen LogP contribution in [0.4, 0.5) is 0 Å². The first-order chi connectivity index (χ1) is 10.2. The minimum absolute atomic E-state index is 0.00359. The van der Waals surface area contributed by atoms with Crippen LogP contribution < -0.4 is 10.1 Å². The predicted octanol–water partition coefficient (Wildman–Crippen LogP) is 3.96. The molecule has 0 saturated heterocycles. The zero-order chi connectivity index (χ0) is 15.1. The number of nitrogens with one attached hydrogen (secondary N) is 1. The fraction of sp³-hybridized carbons (Fsp3) is 0.353. The van der Waals surface area contributed by atoms with E-state index in [0.29, 0.717) is 6.42 Å². The molecule has 0 bridgehead atoms. The van der Waals surface area contributed by atoms with Crippen LogP contribution in [0.15, 0.2) is 41.1 Å². The molecule has 1 amide bonds. The highest BCUT2D eigenvalue weighted by Gasteiger charge is 2.16. The van der Waals surface area contributed by atoms with E-state index in [1.807, 2.05) is 29.6 Å². The lowest BCUT2D eigenvalue weighted by molar-refractivity contribution is -0.121. The minimum atomic E-state index is -0.00359. The molecule has 0 radical (unpaired) electrons. The highest BCUT2D eigenvalue weighted by molar-refractivity contribution is 7.07. The lowest BCUT2D eigenvalue weighted by Crippen LogP contribution is -2.28. The Morgan fingerprint density at radius 2 is 2.14 bits per heavy atom. The van der Waals surface area contributed by atoms with Crippen LogP contribution in [0.1, 0.15) is 36.9 Å². The van der Waals surface area contributed by atoms with Crippen LogP contribution in [0.3, 0.4) is 0 Å². The number of thiophene rings is 1. The molecule has 0 fully saturated rings. The van der Waals surface area contributed by atoms with Crippen molar-refractivity contribution in [2.24, 2.45) is 0 Å². The predicted molar refractivity (Wildman–Crippen MR) is 86.8 cm³/mol. The topological polar surface area (TPSA) is 38.3 Å². The molecule has 112 valence electrons. The van der Waals surface area contributed by atoms with E-state index in [1.54, 1.807) is 18.4 Å². The number of hydrogen-bond donors (Lipinski definition) is 1. The molecule has 1 atom stereocenters. The third kappa shape index (κ3) is 4.33. The molecule has 0 aliphatic carbocycles. The largest absolute Gasteiger partial charge is 0.496 e. The minimum Gasteiger partial charge on any atom is -0.496 e. The molecule has 1 heterocycles. The van der Waals surface area contributed by atoms with Crippen molar-refractivity contribution in [2.75, 3.05) is 7.11 Å². The first-order valence-electron chi connectivity index (χ1n) is 7.18.